The van der Waals surface area contributed by atoms with E-state index in [9.17, 15) is 0 Å². The monoisotopic (exact) mass is 150 g/mol. The Kier molecular flexibility index (Phi) is 20.5. The maximum Gasteiger partial charge on any atom is 0.0437 e. The fourth-order valence-corrected chi connectivity index (χ4v) is 0.204. The van der Waals surface area contributed by atoms with Crippen LogP contribution in [0.4, 0.5) is 0 Å². The Balaban J connectivity index is 0. The summed E-state index contributed by atoms with van der Waals surface area (Å²) in [5.74, 6) is 0.556. The molecule has 0 saturated heterocycles. The van der Waals surface area contributed by atoms with Crippen molar-refractivity contribution in [2.75, 3.05) is 19.1 Å². The zero-order chi connectivity index (χ0) is 7.54. The van der Waals surface area contributed by atoms with E-state index in [-0.39, 0.29) is 0 Å². The minimum Gasteiger partial charge on any atom is -0.382 e. The molecule has 0 radical (unpaired) electrons. The van der Waals surface area contributed by atoms with Gasteiger partial charge in [-0.2, -0.15) is 0 Å². The molecule has 0 aromatic rings. The van der Waals surface area contributed by atoms with Crippen LogP contribution in [0.25, 0.3) is 0 Å². The third-order valence-electron chi connectivity index (χ3n) is 0.517. The zero-order valence-electron chi connectivity index (χ0n) is 6.19. The predicted molar refractivity (Wildman–Crippen MR) is 43.1 cm³/mol. The first kappa shape index (κ1) is 11.7. The lowest BCUT2D eigenvalue weighted by Crippen LogP contribution is -1.84. The number of hydrogen-bond acceptors (Lipinski definition) is 1. The van der Waals surface area contributed by atoms with Gasteiger partial charge in [0.1, 0.15) is 0 Å². The fourth-order valence-electron chi connectivity index (χ4n) is 0.204. The first-order valence-corrected chi connectivity index (χ1v) is 3.61. The molecule has 0 bridgehead atoms. The quantitative estimate of drug-likeness (QED) is 0.444. The van der Waals surface area contributed by atoms with Crippen molar-refractivity contribution in [1.82, 2.24) is 0 Å². The molecule has 0 fully saturated rings. The second kappa shape index (κ2) is 15.7. The zero-order valence-corrected chi connectivity index (χ0v) is 6.95. The number of allylic oxidation sites excluding steroid dienone is 1. The number of alkyl halides is 1. The van der Waals surface area contributed by atoms with Gasteiger partial charge in [-0.25, -0.2) is 0 Å². The Labute approximate surface area is 62.7 Å². The average molecular weight is 151 g/mol. The molecule has 0 N–H and O–H groups in total. The van der Waals surface area contributed by atoms with E-state index in [2.05, 4.69) is 6.58 Å². The summed E-state index contributed by atoms with van der Waals surface area (Å²) in [4.78, 5) is 0. The molecule has 0 heterocycles. The van der Waals surface area contributed by atoms with Crippen LogP contribution < -0.4 is 0 Å². The minimum atomic E-state index is 0.556. The molecule has 0 aromatic carbocycles. The maximum absolute atomic E-state index is 5.07. The Hall–Kier alpha value is -0.0100. The summed E-state index contributed by atoms with van der Waals surface area (Å²) >= 11 is 5.07. The molecule has 0 aromatic heterocycles. The van der Waals surface area contributed by atoms with Crippen LogP contribution in [-0.2, 0) is 4.74 Å². The molecule has 0 spiro atoms. The standard InChI is InChI=1S/C4H10O.C3H5Cl/c1-3-5-4-2;1-2-3-4/h3-4H2,1-2H3;2H,1,3H2. The summed E-state index contributed by atoms with van der Waals surface area (Å²) in [5, 5.41) is 0. The Morgan fingerprint density at radius 2 is 1.78 bits per heavy atom. The van der Waals surface area contributed by atoms with Crippen LogP contribution in [0.1, 0.15) is 13.8 Å². The Morgan fingerprint density at radius 1 is 1.44 bits per heavy atom. The van der Waals surface area contributed by atoms with E-state index in [0.29, 0.717) is 5.88 Å². The molecule has 0 aliphatic rings. The van der Waals surface area contributed by atoms with E-state index in [0.717, 1.165) is 13.2 Å². The van der Waals surface area contributed by atoms with Gasteiger partial charge in [-0.3, -0.25) is 0 Å². The van der Waals surface area contributed by atoms with Crippen LogP contribution in [0.15, 0.2) is 12.7 Å². The molecular formula is C7H15ClO. The Morgan fingerprint density at radius 3 is 1.78 bits per heavy atom. The highest BCUT2D eigenvalue weighted by Crippen LogP contribution is 1.67. The summed E-state index contributed by atoms with van der Waals surface area (Å²) in [6.45, 7) is 9.01. The molecule has 2 heteroatoms. The summed E-state index contributed by atoms with van der Waals surface area (Å²) in [6.07, 6.45) is 1.64. The van der Waals surface area contributed by atoms with Crippen molar-refractivity contribution in [3.05, 3.63) is 12.7 Å². The lowest BCUT2D eigenvalue weighted by molar-refractivity contribution is 0.162. The van der Waals surface area contributed by atoms with E-state index in [1.54, 1.807) is 6.08 Å². The van der Waals surface area contributed by atoms with E-state index >= 15 is 0 Å². The van der Waals surface area contributed by atoms with Crippen molar-refractivity contribution in [2.45, 2.75) is 13.8 Å². The van der Waals surface area contributed by atoms with Gasteiger partial charge in [0.15, 0.2) is 0 Å². The van der Waals surface area contributed by atoms with Crippen molar-refractivity contribution in [1.29, 1.82) is 0 Å². The molecule has 0 aliphatic carbocycles. The molecule has 0 rings (SSSR count). The summed E-state index contributed by atoms with van der Waals surface area (Å²) in [7, 11) is 0. The van der Waals surface area contributed by atoms with Crippen molar-refractivity contribution < 1.29 is 4.74 Å². The SMILES string of the molecule is C=CCCl.CCOCC. The highest BCUT2D eigenvalue weighted by Gasteiger charge is 1.64. The van der Waals surface area contributed by atoms with Crippen LogP contribution >= 0.6 is 11.6 Å². The minimum absolute atomic E-state index is 0.556. The predicted octanol–water partition coefficient (Wildman–Crippen LogP) is 2.45. The molecule has 0 saturated carbocycles. The second-order valence-electron chi connectivity index (χ2n) is 1.22. The smallest absolute Gasteiger partial charge is 0.0437 e. The van der Waals surface area contributed by atoms with Crippen LogP contribution in [0.3, 0.4) is 0 Å². The van der Waals surface area contributed by atoms with Gasteiger partial charge in [-0.1, -0.05) is 6.08 Å². The van der Waals surface area contributed by atoms with Crippen LogP contribution in [-0.4, -0.2) is 19.1 Å². The lowest BCUT2D eigenvalue weighted by Gasteiger charge is -1.86. The molecule has 56 valence electrons. The molecule has 9 heavy (non-hydrogen) atoms. The van der Waals surface area contributed by atoms with E-state index < -0.39 is 0 Å². The summed E-state index contributed by atoms with van der Waals surface area (Å²) in [6, 6.07) is 0. The average Bonchev–Trinajstić information content (AvgIpc) is 1.91. The molecule has 0 unspecified atom stereocenters. The van der Waals surface area contributed by atoms with Gasteiger partial charge < -0.3 is 4.74 Å². The van der Waals surface area contributed by atoms with Crippen LogP contribution in [0, 0.1) is 0 Å². The van der Waals surface area contributed by atoms with Crippen molar-refractivity contribution in [3.8, 4) is 0 Å². The van der Waals surface area contributed by atoms with Gasteiger partial charge in [-0.05, 0) is 13.8 Å². The summed E-state index contributed by atoms with van der Waals surface area (Å²) in [5.41, 5.74) is 0. The maximum atomic E-state index is 5.07. The molecule has 0 amide bonds. The number of halogens is 1. The first-order valence-electron chi connectivity index (χ1n) is 3.08. The summed E-state index contributed by atoms with van der Waals surface area (Å²) < 4.78 is 4.83. The normalized spacial score (nSPS) is 7.44. The van der Waals surface area contributed by atoms with E-state index in [1.165, 1.54) is 0 Å². The first-order chi connectivity index (χ1) is 4.33. The van der Waals surface area contributed by atoms with Crippen molar-refractivity contribution in [3.63, 3.8) is 0 Å². The highest BCUT2D eigenvalue weighted by atomic mass is 35.5. The van der Waals surface area contributed by atoms with Gasteiger partial charge in [0.25, 0.3) is 0 Å². The second-order valence-corrected chi connectivity index (χ2v) is 1.53. The van der Waals surface area contributed by atoms with Gasteiger partial charge in [0, 0.05) is 19.1 Å². The Bertz CT molecular complexity index is 44.2. The molecule has 0 aliphatic heterocycles. The van der Waals surface area contributed by atoms with Gasteiger partial charge in [0.05, 0.1) is 0 Å². The highest BCUT2D eigenvalue weighted by molar-refractivity contribution is 6.18. The molecular weight excluding hydrogens is 136 g/mol. The van der Waals surface area contributed by atoms with E-state index in [1.807, 2.05) is 13.8 Å². The van der Waals surface area contributed by atoms with Crippen molar-refractivity contribution >= 4 is 11.6 Å². The fraction of sp³-hybridized carbons (Fsp3) is 0.714. The molecule has 1 nitrogen and oxygen atoms in total. The third kappa shape index (κ3) is 32.1. The van der Waals surface area contributed by atoms with Crippen LogP contribution in [0.2, 0.25) is 0 Å². The topological polar surface area (TPSA) is 9.23 Å². The number of rotatable bonds is 3. The van der Waals surface area contributed by atoms with Crippen molar-refractivity contribution in [2.24, 2.45) is 0 Å². The van der Waals surface area contributed by atoms with Gasteiger partial charge >= 0.3 is 0 Å². The lowest BCUT2D eigenvalue weighted by atomic mass is 10.8. The van der Waals surface area contributed by atoms with Crippen LogP contribution in [0.5, 0.6) is 0 Å². The third-order valence-corrected chi connectivity index (χ3v) is 0.736. The van der Waals surface area contributed by atoms with Gasteiger partial charge in [-0.15, -0.1) is 18.2 Å². The van der Waals surface area contributed by atoms with E-state index in [4.69, 9.17) is 16.3 Å². The number of hydrogen-bond donors (Lipinski definition) is 0. The van der Waals surface area contributed by atoms with Gasteiger partial charge in [0.2, 0.25) is 0 Å². The number of ether oxygens (including phenoxy) is 1. The molecule has 0 atom stereocenters. The largest absolute Gasteiger partial charge is 0.382 e.